The molecule has 24 heavy (non-hydrogen) atoms. The van der Waals surface area contributed by atoms with Crippen LogP contribution in [0.2, 0.25) is 50.2 Å². The lowest BCUT2D eigenvalue weighted by molar-refractivity contribution is -0.697. The summed E-state index contributed by atoms with van der Waals surface area (Å²) in [4.78, 5) is 0. The van der Waals surface area contributed by atoms with Crippen LogP contribution in [-0.4, -0.2) is 0 Å². The first-order chi connectivity index (χ1) is 11.0. The van der Waals surface area contributed by atoms with Gasteiger partial charge in [-0.15, -0.1) is 0 Å². The summed E-state index contributed by atoms with van der Waals surface area (Å²) in [5.41, 5.74) is -0.507. The van der Waals surface area contributed by atoms with Crippen molar-refractivity contribution in [2.45, 2.75) is 0 Å². The van der Waals surface area contributed by atoms with Crippen molar-refractivity contribution >= 4 is 127 Å². The molecule has 12 heteroatoms. The van der Waals surface area contributed by atoms with Crippen molar-refractivity contribution in [2.75, 3.05) is 0 Å². The minimum Gasteiger partial charge on any atom is -0.623 e. The Morgan fingerprint density at radius 3 is 0.750 bits per heavy atom. The van der Waals surface area contributed by atoms with E-state index < -0.39 is 5.06 Å². The largest absolute Gasteiger partial charge is 0.623 e. The highest BCUT2D eigenvalue weighted by atomic mass is 35.5. The summed E-state index contributed by atoms with van der Waals surface area (Å²) in [6.07, 6.45) is 0. The quantitative estimate of drug-likeness (QED) is 0.236. The summed E-state index contributed by atoms with van der Waals surface area (Å²) in [5.74, 6) is 0. The lowest BCUT2D eigenvalue weighted by atomic mass is 10.2. The second-order valence-electron chi connectivity index (χ2n) is 4.22. The number of halogens is 10. The molecule has 0 aliphatic carbocycles. The van der Waals surface area contributed by atoms with Crippen LogP contribution in [-0.2, 0) is 0 Å². The van der Waals surface area contributed by atoms with Crippen LogP contribution in [0.15, 0.2) is 0 Å². The van der Waals surface area contributed by atoms with E-state index in [0.717, 1.165) is 0 Å². The maximum Gasteiger partial charge on any atom is 0.177 e. The Labute approximate surface area is 186 Å². The van der Waals surface area contributed by atoms with Crippen molar-refractivity contribution in [2.24, 2.45) is 0 Å². The van der Waals surface area contributed by atoms with E-state index in [2.05, 4.69) is 0 Å². The van der Waals surface area contributed by atoms with Gasteiger partial charge in [-0.25, -0.2) is 0 Å². The third kappa shape index (κ3) is 3.52. The molecule has 130 valence electrons. The molecule has 0 saturated heterocycles. The number of hydrogen-bond acceptors (Lipinski definition) is 1. The lowest BCUT2D eigenvalue weighted by Gasteiger charge is -2.27. The van der Waals surface area contributed by atoms with E-state index in [0.29, 0.717) is 0 Å². The Bertz CT molecular complexity index is 725. The van der Waals surface area contributed by atoms with Crippen LogP contribution in [0.4, 0.5) is 11.4 Å². The highest BCUT2D eigenvalue weighted by Gasteiger charge is 2.30. The zero-order valence-electron chi connectivity index (χ0n) is 10.7. The molecule has 0 saturated carbocycles. The molecule has 0 aliphatic rings. The molecule has 0 atom stereocenters. The van der Waals surface area contributed by atoms with Crippen molar-refractivity contribution in [3.8, 4) is 0 Å². The van der Waals surface area contributed by atoms with E-state index in [9.17, 15) is 5.21 Å². The van der Waals surface area contributed by atoms with Crippen LogP contribution in [0.3, 0.4) is 0 Å². The van der Waals surface area contributed by atoms with E-state index in [-0.39, 0.29) is 61.6 Å². The summed E-state index contributed by atoms with van der Waals surface area (Å²) >= 11 is 59.9. The Morgan fingerprint density at radius 1 is 0.375 bits per heavy atom. The average molecular weight is 530 g/mol. The molecule has 0 aromatic heterocycles. The average Bonchev–Trinajstić information content (AvgIpc) is 2.55. The molecule has 0 radical (unpaired) electrons. The van der Waals surface area contributed by atoms with Gasteiger partial charge in [0.1, 0.15) is 20.1 Å². The molecular formula is C12HCl10NO. The van der Waals surface area contributed by atoms with Crippen molar-refractivity contribution < 1.29 is 5.06 Å². The highest BCUT2D eigenvalue weighted by molar-refractivity contribution is 6.57. The Kier molecular flexibility index (Phi) is 7.27. The zero-order valence-corrected chi connectivity index (χ0v) is 18.2. The van der Waals surface area contributed by atoms with E-state index in [4.69, 9.17) is 116 Å². The topological polar surface area (TPSA) is 27.5 Å². The summed E-state index contributed by atoms with van der Waals surface area (Å²) in [7, 11) is 0. The normalized spacial score (nSPS) is 11.5. The van der Waals surface area contributed by atoms with Gasteiger partial charge in [0.25, 0.3) is 0 Å². The van der Waals surface area contributed by atoms with Gasteiger partial charge in [-0.3, -0.25) is 0 Å². The van der Waals surface area contributed by atoms with Crippen LogP contribution in [0, 0.1) is 5.21 Å². The van der Waals surface area contributed by atoms with E-state index >= 15 is 0 Å². The molecule has 0 spiro atoms. The summed E-state index contributed by atoms with van der Waals surface area (Å²) in [6, 6.07) is 0. The maximum atomic E-state index is 12.9. The fourth-order valence-electron chi connectivity index (χ4n) is 1.73. The van der Waals surface area contributed by atoms with Crippen LogP contribution in [0.25, 0.3) is 0 Å². The molecule has 0 fully saturated rings. The summed E-state index contributed by atoms with van der Waals surface area (Å²) < 4.78 is 0. The van der Waals surface area contributed by atoms with Crippen LogP contribution >= 0.6 is 116 Å². The van der Waals surface area contributed by atoms with Crippen LogP contribution in [0.5, 0.6) is 0 Å². The molecule has 2 aromatic rings. The third-order valence-electron chi connectivity index (χ3n) is 2.87. The standard InChI is InChI=1S/C12HCl10NO/c13-1-3(15)7(19)11(8(20)4(1)16)23(24)12-9(21)5(17)2(14)6(18)10(12)22/h23H. The maximum absolute atomic E-state index is 12.9. The van der Waals surface area contributed by atoms with Crippen LogP contribution < -0.4 is 5.06 Å². The first-order valence-corrected chi connectivity index (χ1v) is 9.37. The molecule has 2 nitrogen and oxygen atoms in total. The second kappa shape index (κ2) is 8.10. The molecular weight excluding hydrogens is 529 g/mol. The number of hydrogen-bond donors (Lipinski definition) is 1. The van der Waals surface area contributed by atoms with Gasteiger partial charge in [-0.2, -0.15) is 0 Å². The predicted molar refractivity (Wildman–Crippen MR) is 107 cm³/mol. The number of quaternary nitrogens is 1. The number of nitrogens with one attached hydrogen (secondary N) is 1. The Balaban J connectivity index is 2.84. The van der Waals surface area contributed by atoms with Gasteiger partial charge in [0.05, 0.1) is 30.1 Å². The van der Waals surface area contributed by atoms with Gasteiger partial charge in [0.2, 0.25) is 0 Å². The molecule has 1 N–H and O–H groups in total. The fraction of sp³-hybridized carbons (Fsp3) is 0. The van der Waals surface area contributed by atoms with Gasteiger partial charge in [0.15, 0.2) is 11.4 Å². The Hall–Kier alpha value is 1.26. The first kappa shape index (κ1) is 21.6. The monoisotopic (exact) mass is 525 g/mol. The van der Waals surface area contributed by atoms with Crippen LogP contribution in [0.1, 0.15) is 0 Å². The highest BCUT2D eigenvalue weighted by Crippen LogP contribution is 2.49. The summed E-state index contributed by atoms with van der Waals surface area (Å²) in [5, 5.41) is 10.4. The molecule has 0 heterocycles. The van der Waals surface area contributed by atoms with Crippen molar-refractivity contribution in [3.63, 3.8) is 0 Å². The SMILES string of the molecule is [O-][NH+](c1c(Cl)c(Cl)c(Cl)c(Cl)c1Cl)c1c(Cl)c(Cl)c(Cl)c(Cl)c1Cl. The van der Waals surface area contributed by atoms with Gasteiger partial charge in [-0.1, -0.05) is 116 Å². The van der Waals surface area contributed by atoms with E-state index in [1.54, 1.807) is 0 Å². The molecule has 0 aliphatic heterocycles. The molecule has 0 bridgehead atoms. The molecule has 2 rings (SSSR count). The minimum absolute atomic E-state index is 0.103. The van der Waals surface area contributed by atoms with Gasteiger partial charge in [0, 0.05) is 0 Å². The van der Waals surface area contributed by atoms with Gasteiger partial charge >= 0.3 is 0 Å². The number of rotatable bonds is 2. The van der Waals surface area contributed by atoms with Crippen molar-refractivity contribution in [3.05, 3.63) is 55.4 Å². The van der Waals surface area contributed by atoms with E-state index in [1.807, 2.05) is 0 Å². The molecule has 2 aromatic carbocycles. The lowest BCUT2D eigenvalue weighted by Crippen LogP contribution is -2.97. The third-order valence-corrected chi connectivity index (χ3v) is 7.43. The zero-order chi connectivity index (χ0) is 18.5. The van der Waals surface area contributed by atoms with Crippen molar-refractivity contribution in [1.29, 1.82) is 0 Å². The summed E-state index contributed by atoms with van der Waals surface area (Å²) in [6.45, 7) is 0. The van der Waals surface area contributed by atoms with Gasteiger partial charge < -0.3 is 10.3 Å². The smallest absolute Gasteiger partial charge is 0.177 e. The van der Waals surface area contributed by atoms with Crippen molar-refractivity contribution in [1.82, 2.24) is 0 Å². The molecule has 0 unspecified atom stereocenters. The second-order valence-corrected chi connectivity index (χ2v) is 8.00. The molecule has 0 amide bonds. The Morgan fingerprint density at radius 2 is 0.542 bits per heavy atom. The fourth-order valence-corrected chi connectivity index (χ4v) is 4.35. The van der Waals surface area contributed by atoms with Gasteiger partial charge in [-0.05, 0) is 0 Å². The minimum atomic E-state index is -0.805. The van der Waals surface area contributed by atoms with E-state index in [1.165, 1.54) is 0 Å². The predicted octanol–water partition coefficient (Wildman–Crippen LogP) is 8.57. The first-order valence-electron chi connectivity index (χ1n) is 5.59. The number of benzene rings is 2.